The molecule has 0 saturated carbocycles. The molecule has 0 radical (unpaired) electrons. The van der Waals surface area contributed by atoms with Crippen molar-refractivity contribution in [3.8, 4) is 5.75 Å². The Morgan fingerprint density at radius 1 is 1.33 bits per heavy atom. The van der Waals surface area contributed by atoms with E-state index in [4.69, 9.17) is 4.74 Å². The van der Waals surface area contributed by atoms with Crippen molar-refractivity contribution in [3.05, 3.63) is 59.4 Å². The highest BCUT2D eigenvalue weighted by Gasteiger charge is 2.19. The third-order valence-corrected chi connectivity index (χ3v) is 5.45. The number of imidazole rings is 1. The molecule has 3 aromatic rings. The third-order valence-electron chi connectivity index (χ3n) is 4.81. The lowest BCUT2D eigenvalue weighted by atomic mass is 10.1. The molecule has 0 saturated heterocycles. The van der Waals surface area contributed by atoms with Gasteiger partial charge in [0.05, 0.1) is 30.1 Å². The lowest BCUT2D eigenvalue weighted by molar-refractivity contribution is -0.121. The Bertz CT molecular complexity index is 921. The van der Waals surface area contributed by atoms with Gasteiger partial charge in [0.25, 0.3) is 0 Å². The minimum Gasteiger partial charge on any atom is -0.493 e. The summed E-state index contributed by atoms with van der Waals surface area (Å²) in [7, 11) is 0. The number of hydrogen-bond donors (Lipinski definition) is 2. The van der Waals surface area contributed by atoms with Crippen molar-refractivity contribution in [2.75, 3.05) is 18.6 Å². The topological polar surface area (TPSA) is 67.0 Å². The van der Waals surface area contributed by atoms with Crippen LogP contribution in [-0.4, -0.2) is 34.5 Å². The molecule has 0 fully saturated rings. The second-order valence-corrected chi connectivity index (χ2v) is 7.74. The number of para-hydroxylation sites is 2. The lowest BCUT2D eigenvalue weighted by Gasteiger charge is -2.16. The molecule has 0 aliphatic carbocycles. The standard InChI is InChI=1S/C21H23N3O2S/c1-27-11-9-18(21-23-16-4-2-3-5-17(16)24-21)22-20(25)13-14-6-7-15-8-10-26-19(15)12-14/h2-7,12,18H,8-11,13H2,1H3,(H,22,25)(H,23,24). The fraction of sp³-hybridized carbons (Fsp3) is 0.333. The van der Waals surface area contributed by atoms with Crippen LogP contribution in [0, 0.1) is 0 Å². The van der Waals surface area contributed by atoms with E-state index in [1.54, 1.807) is 11.8 Å². The van der Waals surface area contributed by atoms with Crippen molar-refractivity contribution >= 4 is 28.7 Å². The van der Waals surface area contributed by atoms with Gasteiger partial charge in [0.15, 0.2) is 0 Å². The number of carbonyl (C=O) groups excluding carboxylic acids is 1. The maximum atomic E-state index is 12.7. The maximum absolute atomic E-state index is 12.7. The van der Waals surface area contributed by atoms with Crippen LogP contribution in [-0.2, 0) is 17.6 Å². The zero-order valence-electron chi connectivity index (χ0n) is 15.3. The van der Waals surface area contributed by atoms with Crippen LogP contribution in [0.15, 0.2) is 42.5 Å². The molecule has 1 atom stereocenters. The number of nitrogens with one attached hydrogen (secondary N) is 2. The van der Waals surface area contributed by atoms with Crippen LogP contribution < -0.4 is 10.1 Å². The highest BCUT2D eigenvalue weighted by atomic mass is 32.2. The molecule has 1 aliphatic rings. The first-order chi connectivity index (χ1) is 13.2. The highest BCUT2D eigenvalue weighted by molar-refractivity contribution is 7.98. The Labute approximate surface area is 162 Å². The summed E-state index contributed by atoms with van der Waals surface area (Å²) in [5, 5.41) is 3.16. The summed E-state index contributed by atoms with van der Waals surface area (Å²) in [6.45, 7) is 0.730. The van der Waals surface area contributed by atoms with E-state index in [2.05, 4.69) is 27.6 Å². The average Bonchev–Trinajstić information content (AvgIpc) is 3.31. The van der Waals surface area contributed by atoms with Gasteiger partial charge < -0.3 is 15.0 Å². The van der Waals surface area contributed by atoms with Crippen molar-refractivity contribution in [1.82, 2.24) is 15.3 Å². The molecule has 2 aromatic carbocycles. The van der Waals surface area contributed by atoms with Gasteiger partial charge in [-0.1, -0.05) is 24.3 Å². The first-order valence-corrected chi connectivity index (χ1v) is 10.6. The minimum atomic E-state index is -0.122. The van der Waals surface area contributed by atoms with Crippen LogP contribution in [0.4, 0.5) is 0 Å². The number of nitrogens with zero attached hydrogens (tertiary/aromatic N) is 1. The van der Waals surface area contributed by atoms with Crippen LogP contribution in [0.2, 0.25) is 0 Å². The van der Waals surface area contributed by atoms with E-state index in [0.29, 0.717) is 6.42 Å². The van der Waals surface area contributed by atoms with E-state index in [-0.39, 0.29) is 11.9 Å². The number of benzene rings is 2. The van der Waals surface area contributed by atoms with Crippen LogP contribution in [0.3, 0.4) is 0 Å². The fourth-order valence-corrected chi connectivity index (χ4v) is 3.87. The molecular weight excluding hydrogens is 358 g/mol. The van der Waals surface area contributed by atoms with Gasteiger partial charge in [-0.15, -0.1) is 0 Å². The van der Waals surface area contributed by atoms with Crippen molar-refractivity contribution in [2.24, 2.45) is 0 Å². The molecule has 2 heterocycles. The summed E-state index contributed by atoms with van der Waals surface area (Å²) in [6, 6.07) is 13.9. The quantitative estimate of drug-likeness (QED) is 0.656. The van der Waals surface area contributed by atoms with Gasteiger partial charge in [-0.2, -0.15) is 11.8 Å². The molecule has 2 N–H and O–H groups in total. The van der Waals surface area contributed by atoms with E-state index in [9.17, 15) is 4.79 Å². The average molecular weight is 382 g/mol. The molecular formula is C21H23N3O2S. The zero-order valence-corrected chi connectivity index (χ0v) is 16.1. The number of carbonyl (C=O) groups is 1. The molecule has 0 spiro atoms. The van der Waals surface area contributed by atoms with Gasteiger partial charge in [-0.3, -0.25) is 4.79 Å². The molecule has 0 bridgehead atoms. The number of thioether (sulfide) groups is 1. The Kier molecular flexibility index (Phi) is 5.34. The summed E-state index contributed by atoms with van der Waals surface area (Å²) >= 11 is 1.77. The Hall–Kier alpha value is -2.47. The molecule has 5 nitrogen and oxygen atoms in total. The molecule has 1 unspecified atom stereocenters. The highest BCUT2D eigenvalue weighted by Crippen LogP contribution is 2.26. The number of ether oxygens (including phenoxy) is 1. The number of H-pyrrole nitrogens is 1. The van der Waals surface area contributed by atoms with Gasteiger partial charge in [0.2, 0.25) is 5.91 Å². The van der Waals surface area contributed by atoms with E-state index < -0.39 is 0 Å². The van der Waals surface area contributed by atoms with E-state index in [1.807, 2.05) is 36.4 Å². The summed E-state index contributed by atoms with van der Waals surface area (Å²) in [5.74, 6) is 2.68. The van der Waals surface area contributed by atoms with Gasteiger partial charge in [-0.05, 0) is 47.8 Å². The second-order valence-electron chi connectivity index (χ2n) is 6.76. The Morgan fingerprint density at radius 3 is 3.07 bits per heavy atom. The lowest BCUT2D eigenvalue weighted by Crippen LogP contribution is -2.31. The Balaban J connectivity index is 1.48. The summed E-state index contributed by atoms with van der Waals surface area (Å²) in [5.41, 5.74) is 4.11. The molecule has 1 aromatic heterocycles. The molecule has 1 amide bonds. The SMILES string of the molecule is CSCCC(NC(=O)Cc1ccc2c(c1)OCC2)c1nc2ccccc2[nH]1. The van der Waals surface area contributed by atoms with Crippen LogP contribution in [0.1, 0.15) is 29.4 Å². The number of amides is 1. The third kappa shape index (κ3) is 4.11. The van der Waals surface area contributed by atoms with Crippen molar-refractivity contribution < 1.29 is 9.53 Å². The number of rotatable bonds is 7. The van der Waals surface area contributed by atoms with Gasteiger partial charge in [-0.25, -0.2) is 4.98 Å². The van der Waals surface area contributed by atoms with Crippen LogP contribution >= 0.6 is 11.8 Å². The minimum absolute atomic E-state index is 0.000457. The molecule has 1 aliphatic heterocycles. The van der Waals surface area contributed by atoms with Gasteiger partial charge in [0.1, 0.15) is 11.6 Å². The van der Waals surface area contributed by atoms with Gasteiger partial charge >= 0.3 is 0 Å². The molecule has 140 valence electrons. The summed E-state index contributed by atoms with van der Waals surface area (Å²) in [4.78, 5) is 20.7. The molecule has 4 rings (SSSR count). The second kappa shape index (κ2) is 8.05. The van der Waals surface area contributed by atoms with Crippen LogP contribution in [0.25, 0.3) is 11.0 Å². The number of aromatic nitrogens is 2. The number of hydrogen-bond acceptors (Lipinski definition) is 4. The number of fused-ring (bicyclic) bond motifs is 2. The van der Waals surface area contributed by atoms with Gasteiger partial charge in [0, 0.05) is 6.42 Å². The summed E-state index contributed by atoms with van der Waals surface area (Å²) in [6.07, 6.45) is 4.19. The van der Waals surface area contributed by atoms with E-state index in [1.165, 1.54) is 5.56 Å². The van der Waals surface area contributed by atoms with Crippen molar-refractivity contribution in [1.29, 1.82) is 0 Å². The Morgan fingerprint density at radius 2 is 2.22 bits per heavy atom. The molecule has 27 heavy (non-hydrogen) atoms. The fourth-order valence-electron chi connectivity index (χ4n) is 3.40. The largest absolute Gasteiger partial charge is 0.493 e. The first kappa shape index (κ1) is 17.9. The predicted molar refractivity (Wildman–Crippen MR) is 109 cm³/mol. The zero-order chi connectivity index (χ0) is 18.6. The van der Waals surface area contributed by atoms with E-state index in [0.717, 1.165) is 53.4 Å². The van der Waals surface area contributed by atoms with Crippen LogP contribution in [0.5, 0.6) is 5.75 Å². The maximum Gasteiger partial charge on any atom is 0.225 e. The number of aromatic amines is 1. The van der Waals surface area contributed by atoms with Crippen molar-refractivity contribution in [3.63, 3.8) is 0 Å². The monoisotopic (exact) mass is 381 g/mol. The van der Waals surface area contributed by atoms with Crippen molar-refractivity contribution in [2.45, 2.75) is 25.3 Å². The normalized spacial score (nSPS) is 14.0. The smallest absolute Gasteiger partial charge is 0.225 e. The van der Waals surface area contributed by atoms with E-state index >= 15 is 0 Å². The molecule has 6 heteroatoms. The summed E-state index contributed by atoms with van der Waals surface area (Å²) < 4.78 is 5.61. The first-order valence-electron chi connectivity index (χ1n) is 9.20. The predicted octanol–water partition coefficient (Wildman–Crippen LogP) is 3.65.